The van der Waals surface area contributed by atoms with E-state index in [9.17, 15) is 9.18 Å². The van der Waals surface area contributed by atoms with Crippen LogP contribution < -0.4 is 5.32 Å². The Hall–Kier alpha value is -1.95. The summed E-state index contributed by atoms with van der Waals surface area (Å²) in [4.78, 5) is 14.7. The monoisotopic (exact) mass is 376 g/mol. The summed E-state index contributed by atoms with van der Waals surface area (Å²) in [6.45, 7) is 5.14. The highest BCUT2D eigenvalue weighted by Gasteiger charge is 2.32. The maximum absolute atomic E-state index is 13.2. The maximum atomic E-state index is 13.2. The van der Waals surface area contributed by atoms with E-state index in [1.54, 1.807) is 0 Å². The zero-order chi connectivity index (χ0) is 18.7. The molecule has 4 nitrogen and oxygen atoms in total. The van der Waals surface area contributed by atoms with Crippen molar-refractivity contribution in [2.45, 2.75) is 32.1 Å². The highest BCUT2D eigenvalue weighted by molar-refractivity contribution is 6.33. The zero-order valence-corrected chi connectivity index (χ0v) is 15.5. The number of amides is 1. The first-order valence-electron chi connectivity index (χ1n) is 8.64. The molecule has 1 amide bonds. The van der Waals surface area contributed by atoms with Crippen molar-refractivity contribution < 1.29 is 13.9 Å². The van der Waals surface area contributed by atoms with Crippen LogP contribution in [0.5, 0.6) is 0 Å². The lowest BCUT2D eigenvalue weighted by Gasteiger charge is -2.39. The summed E-state index contributed by atoms with van der Waals surface area (Å²) in [5, 5.41) is 2.97. The number of hydrogen-bond donors (Lipinski definition) is 1. The molecule has 1 fully saturated rings. The average molecular weight is 377 g/mol. The van der Waals surface area contributed by atoms with Gasteiger partial charge in [0.1, 0.15) is 5.82 Å². The number of anilines is 1. The van der Waals surface area contributed by atoms with Gasteiger partial charge in [-0.05, 0) is 37.6 Å². The Labute approximate surface area is 157 Å². The summed E-state index contributed by atoms with van der Waals surface area (Å²) in [5.41, 5.74) is 1.50. The van der Waals surface area contributed by atoms with Gasteiger partial charge in [-0.25, -0.2) is 4.39 Å². The number of ether oxygens (including phenoxy) is 1. The fourth-order valence-corrected chi connectivity index (χ4v) is 3.36. The van der Waals surface area contributed by atoms with Crippen LogP contribution in [-0.2, 0) is 9.53 Å². The molecule has 3 unspecified atom stereocenters. The van der Waals surface area contributed by atoms with Gasteiger partial charge in [-0.15, -0.1) is 0 Å². The third kappa shape index (κ3) is 4.41. The smallest absolute Gasteiger partial charge is 0.241 e. The van der Waals surface area contributed by atoms with Crippen LogP contribution in [0.1, 0.15) is 25.5 Å². The maximum Gasteiger partial charge on any atom is 0.241 e. The van der Waals surface area contributed by atoms with E-state index in [4.69, 9.17) is 16.3 Å². The van der Waals surface area contributed by atoms with E-state index in [0.29, 0.717) is 18.8 Å². The SMILES string of the molecule is CC1CN(C(C)C(=O)Nc2ccc(F)cc2Cl)CC(c2ccccc2)O1. The van der Waals surface area contributed by atoms with Crippen LogP contribution in [0, 0.1) is 5.82 Å². The molecule has 0 aliphatic carbocycles. The first-order chi connectivity index (χ1) is 12.4. The van der Waals surface area contributed by atoms with Crippen LogP contribution in [0.25, 0.3) is 0 Å². The fourth-order valence-electron chi connectivity index (χ4n) is 3.15. The number of hydrogen-bond acceptors (Lipinski definition) is 3. The summed E-state index contributed by atoms with van der Waals surface area (Å²) in [5.74, 6) is -0.617. The Balaban J connectivity index is 1.69. The van der Waals surface area contributed by atoms with Crippen molar-refractivity contribution in [2.24, 2.45) is 0 Å². The lowest BCUT2D eigenvalue weighted by molar-refractivity contribution is -0.128. The summed E-state index contributed by atoms with van der Waals surface area (Å²) in [7, 11) is 0. The van der Waals surface area contributed by atoms with E-state index in [-0.39, 0.29) is 29.2 Å². The van der Waals surface area contributed by atoms with Gasteiger partial charge in [0.05, 0.1) is 29.0 Å². The molecule has 2 aromatic rings. The predicted molar refractivity (Wildman–Crippen MR) is 101 cm³/mol. The number of carbonyl (C=O) groups is 1. The number of morpholine rings is 1. The van der Waals surface area contributed by atoms with E-state index >= 15 is 0 Å². The molecule has 1 saturated heterocycles. The van der Waals surface area contributed by atoms with Gasteiger partial charge in [0.2, 0.25) is 5.91 Å². The molecule has 0 bridgehead atoms. The summed E-state index contributed by atoms with van der Waals surface area (Å²) in [6, 6.07) is 13.6. The second kappa shape index (κ2) is 8.16. The van der Waals surface area contributed by atoms with Gasteiger partial charge >= 0.3 is 0 Å². The molecule has 0 aromatic heterocycles. The zero-order valence-electron chi connectivity index (χ0n) is 14.8. The first-order valence-corrected chi connectivity index (χ1v) is 9.02. The number of benzene rings is 2. The molecule has 6 heteroatoms. The standard InChI is InChI=1S/C20H22ClFN2O2/c1-13-11-24(12-19(26-13)15-6-4-3-5-7-15)14(2)20(25)23-18-9-8-16(22)10-17(18)21/h3-10,13-14,19H,11-12H2,1-2H3,(H,23,25). The Morgan fingerprint density at radius 2 is 2.00 bits per heavy atom. The molecule has 1 N–H and O–H groups in total. The van der Waals surface area contributed by atoms with Crippen molar-refractivity contribution in [2.75, 3.05) is 18.4 Å². The lowest BCUT2D eigenvalue weighted by atomic mass is 10.1. The van der Waals surface area contributed by atoms with Crippen molar-refractivity contribution in [3.8, 4) is 0 Å². The normalized spacial score (nSPS) is 22.0. The molecular formula is C20H22ClFN2O2. The molecular weight excluding hydrogens is 355 g/mol. The van der Waals surface area contributed by atoms with Crippen molar-refractivity contribution in [3.63, 3.8) is 0 Å². The van der Waals surface area contributed by atoms with Gasteiger partial charge in [-0.2, -0.15) is 0 Å². The number of nitrogens with one attached hydrogen (secondary N) is 1. The van der Waals surface area contributed by atoms with Crippen LogP contribution in [-0.4, -0.2) is 36.0 Å². The minimum Gasteiger partial charge on any atom is -0.368 e. The van der Waals surface area contributed by atoms with Crippen molar-refractivity contribution >= 4 is 23.2 Å². The third-order valence-electron chi connectivity index (χ3n) is 4.58. The molecule has 1 aliphatic heterocycles. The van der Waals surface area contributed by atoms with E-state index in [1.165, 1.54) is 18.2 Å². The van der Waals surface area contributed by atoms with Crippen molar-refractivity contribution in [1.29, 1.82) is 0 Å². The van der Waals surface area contributed by atoms with E-state index in [1.807, 2.05) is 44.2 Å². The molecule has 1 aliphatic rings. The molecule has 3 atom stereocenters. The number of nitrogens with zero attached hydrogens (tertiary/aromatic N) is 1. The Kier molecular flexibility index (Phi) is 5.91. The Bertz CT molecular complexity index is 772. The molecule has 3 rings (SSSR count). The largest absolute Gasteiger partial charge is 0.368 e. The highest BCUT2D eigenvalue weighted by Crippen LogP contribution is 2.27. The molecule has 0 saturated carbocycles. The van der Waals surface area contributed by atoms with E-state index < -0.39 is 5.82 Å². The number of carbonyl (C=O) groups excluding carboxylic acids is 1. The van der Waals surface area contributed by atoms with Crippen LogP contribution in [0.3, 0.4) is 0 Å². The Morgan fingerprint density at radius 1 is 1.27 bits per heavy atom. The second-order valence-electron chi connectivity index (χ2n) is 6.59. The van der Waals surface area contributed by atoms with Crippen molar-refractivity contribution in [3.05, 3.63) is 64.9 Å². The van der Waals surface area contributed by atoms with Crippen LogP contribution in [0.15, 0.2) is 48.5 Å². The predicted octanol–water partition coefficient (Wildman–Crippen LogP) is 4.27. The van der Waals surface area contributed by atoms with Gasteiger partial charge in [0.25, 0.3) is 0 Å². The van der Waals surface area contributed by atoms with E-state index in [2.05, 4.69) is 10.2 Å². The molecule has 26 heavy (non-hydrogen) atoms. The molecule has 2 aromatic carbocycles. The van der Waals surface area contributed by atoms with E-state index in [0.717, 1.165) is 5.56 Å². The van der Waals surface area contributed by atoms with Gasteiger partial charge in [-0.1, -0.05) is 41.9 Å². The van der Waals surface area contributed by atoms with Gasteiger partial charge in [0, 0.05) is 13.1 Å². The van der Waals surface area contributed by atoms with Crippen LogP contribution in [0.2, 0.25) is 5.02 Å². The summed E-state index contributed by atoms with van der Waals surface area (Å²) >= 11 is 6.00. The van der Waals surface area contributed by atoms with Crippen LogP contribution >= 0.6 is 11.6 Å². The second-order valence-corrected chi connectivity index (χ2v) is 7.00. The Morgan fingerprint density at radius 3 is 2.69 bits per heavy atom. The first kappa shape index (κ1) is 18.8. The quantitative estimate of drug-likeness (QED) is 0.866. The molecule has 0 spiro atoms. The van der Waals surface area contributed by atoms with Gasteiger partial charge in [0.15, 0.2) is 0 Å². The van der Waals surface area contributed by atoms with Crippen molar-refractivity contribution in [1.82, 2.24) is 4.90 Å². The number of halogens is 2. The number of rotatable bonds is 4. The minimum atomic E-state index is -0.436. The lowest BCUT2D eigenvalue weighted by Crippen LogP contribution is -2.51. The fraction of sp³-hybridized carbons (Fsp3) is 0.350. The van der Waals surface area contributed by atoms with Gasteiger partial charge in [-0.3, -0.25) is 9.69 Å². The minimum absolute atomic E-state index is 0.0126. The topological polar surface area (TPSA) is 41.6 Å². The summed E-state index contributed by atoms with van der Waals surface area (Å²) in [6.07, 6.45) is -0.0665. The third-order valence-corrected chi connectivity index (χ3v) is 4.89. The molecule has 0 radical (unpaired) electrons. The molecule has 1 heterocycles. The highest BCUT2D eigenvalue weighted by atomic mass is 35.5. The van der Waals surface area contributed by atoms with Gasteiger partial charge < -0.3 is 10.1 Å². The average Bonchev–Trinajstić information content (AvgIpc) is 2.63. The van der Waals surface area contributed by atoms with Crippen LogP contribution in [0.4, 0.5) is 10.1 Å². The molecule has 138 valence electrons. The summed E-state index contributed by atoms with van der Waals surface area (Å²) < 4.78 is 19.2.